The van der Waals surface area contributed by atoms with Gasteiger partial charge in [-0.25, -0.2) is 4.79 Å². The van der Waals surface area contributed by atoms with Crippen molar-refractivity contribution < 1.29 is 4.74 Å². The lowest BCUT2D eigenvalue weighted by atomic mass is 10.0. The van der Waals surface area contributed by atoms with Gasteiger partial charge in [0.25, 0.3) is 0 Å². The Labute approximate surface area is 179 Å². The molecule has 1 aliphatic carbocycles. The van der Waals surface area contributed by atoms with Crippen LogP contribution in [0.2, 0.25) is 0 Å². The van der Waals surface area contributed by atoms with Crippen molar-refractivity contribution in [1.29, 1.82) is 0 Å². The van der Waals surface area contributed by atoms with Gasteiger partial charge in [-0.15, -0.1) is 0 Å². The number of nitrogens with zero attached hydrogens (tertiary/aromatic N) is 5. The summed E-state index contributed by atoms with van der Waals surface area (Å²) in [6, 6.07) is 14.1. The van der Waals surface area contributed by atoms with Gasteiger partial charge in [0.2, 0.25) is 0 Å². The second-order valence-corrected chi connectivity index (χ2v) is 8.12. The topological polar surface area (TPSA) is 90.6 Å². The van der Waals surface area contributed by atoms with Crippen LogP contribution in [0, 0.1) is 13.8 Å². The number of benzene rings is 2. The van der Waals surface area contributed by atoms with Crippen LogP contribution in [0.25, 0.3) is 16.9 Å². The van der Waals surface area contributed by atoms with Gasteiger partial charge in [-0.3, -0.25) is 5.10 Å². The fraction of sp³-hybridized carbons (Fsp3) is 0.304. The van der Waals surface area contributed by atoms with Crippen molar-refractivity contribution in [3.05, 3.63) is 75.3 Å². The Morgan fingerprint density at radius 2 is 1.97 bits per heavy atom. The van der Waals surface area contributed by atoms with E-state index >= 15 is 0 Å². The number of hydrogen-bond donors (Lipinski definition) is 1. The first kappa shape index (κ1) is 19.3. The number of ether oxygens (including phenoxy) is 1. The lowest BCUT2D eigenvalue weighted by Crippen LogP contribution is -2.23. The molecule has 1 saturated carbocycles. The Morgan fingerprint density at radius 1 is 1.13 bits per heavy atom. The first-order valence-corrected chi connectivity index (χ1v) is 10.4. The van der Waals surface area contributed by atoms with Gasteiger partial charge in [-0.2, -0.15) is 14.5 Å². The molecule has 1 aliphatic rings. The summed E-state index contributed by atoms with van der Waals surface area (Å²) < 4.78 is 8.83. The maximum absolute atomic E-state index is 12.5. The molecule has 0 atom stereocenters. The highest BCUT2D eigenvalue weighted by Crippen LogP contribution is 2.43. The van der Waals surface area contributed by atoms with Crippen LogP contribution in [-0.4, -0.2) is 30.0 Å². The summed E-state index contributed by atoms with van der Waals surface area (Å²) in [6.07, 6.45) is 2.31. The molecule has 1 fully saturated rings. The number of H-pyrrole nitrogens is 1. The SMILES string of the molecule is Cc1cc(-c2ccc(OCc3c(C4CC4)cccc3-n3nnn(C)c3=O)c(C)c2)n[nH]1. The zero-order valence-electron chi connectivity index (χ0n) is 17.8. The quantitative estimate of drug-likeness (QED) is 0.520. The Balaban J connectivity index is 1.46. The number of aromatic amines is 1. The molecular formula is C23H24N6O2. The molecule has 2 aromatic carbocycles. The van der Waals surface area contributed by atoms with Crippen LogP contribution in [0.4, 0.5) is 0 Å². The molecule has 0 unspecified atom stereocenters. The van der Waals surface area contributed by atoms with E-state index in [0.29, 0.717) is 12.5 Å². The van der Waals surface area contributed by atoms with E-state index in [1.165, 1.54) is 14.9 Å². The zero-order chi connectivity index (χ0) is 21.5. The molecule has 31 heavy (non-hydrogen) atoms. The fourth-order valence-electron chi connectivity index (χ4n) is 3.88. The molecule has 2 heterocycles. The molecule has 0 aliphatic heterocycles. The average Bonchev–Trinajstić information content (AvgIpc) is 3.44. The zero-order valence-corrected chi connectivity index (χ0v) is 17.8. The van der Waals surface area contributed by atoms with Gasteiger partial charge in [0.05, 0.1) is 11.4 Å². The molecule has 0 saturated heterocycles. The molecule has 1 N–H and O–H groups in total. The molecule has 5 rings (SSSR count). The van der Waals surface area contributed by atoms with Crippen LogP contribution in [0.5, 0.6) is 5.75 Å². The third kappa shape index (κ3) is 3.65. The summed E-state index contributed by atoms with van der Waals surface area (Å²) in [6.45, 7) is 4.37. The lowest BCUT2D eigenvalue weighted by molar-refractivity contribution is 0.302. The van der Waals surface area contributed by atoms with Gasteiger partial charge >= 0.3 is 5.69 Å². The van der Waals surface area contributed by atoms with Crippen molar-refractivity contribution in [3.8, 4) is 22.7 Å². The van der Waals surface area contributed by atoms with E-state index in [2.05, 4.69) is 32.8 Å². The van der Waals surface area contributed by atoms with Crippen LogP contribution in [0.1, 0.15) is 41.1 Å². The van der Waals surface area contributed by atoms with Gasteiger partial charge in [-0.1, -0.05) is 12.1 Å². The fourth-order valence-corrected chi connectivity index (χ4v) is 3.88. The molecule has 158 valence electrons. The summed E-state index contributed by atoms with van der Waals surface area (Å²) in [4.78, 5) is 12.5. The number of tetrazole rings is 1. The Bertz CT molecular complexity index is 1310. The van der Waals surface area contributed by atoms with E-state index in [1.807, 2.05) is 44.2 Å². The summed E-state index contributed by atoms with van der Waals surface area (Å²) in [5, 5.41) is 15.2. The van der Waals surface area contributed by atoms with Crippen molar-refractivity contribution in [1.82, 2.24) is 30.0 Å². The molecule has 0 bridgehead atoms. The molecule has 2 aromatic heterocycles. The minimum absolute atomic E-state index is 0.274. The van der Waals surface area contributed by atoms with Gasteiger partial charge in [0.1, 0.15) is 12.4 Å². The summed E-state index contributed by atoms with van der Waals surface area (Å²) >= 11 is 0. The van der Waals surface area contributed by atoms with Gasteiger partial charge in [0.15, 0.2) is 0 Å². The second-order valence-electron chi connectivity index (χ2n) is 8.12. The van der Waals surface area contributed by atoms with Gasteiger partial charge in [0, 0.05) is 23.9 Å². The minimum Gasteiger partial charge on any atom is -0.489 e. The lowest BCUT2D eigenvalue weighted by Gasteiger charge is -2.16. The molecule has 4 aromatic rings. The smallest absolute Gasteiger partial charge is 0.368 e. The highest BCUT2D eigenvalue weighted by Gasteiger charge is 2.28. The third-order valence-electron chi connectivity index (χ3n) is 5.70. The molecule has 0 radical (unpaired) electrons. The largest absolute Gasteiger partial charge is 0.489 e. The monoisotopic (exact) mass is 416 g/mol. The van der Waals surface area contributed by atoms with E-state index in [1.54, 1.807) is 7.05 Å². The van der Waals surface area contributed by atoms with E-state index in [0.717, 1.165) is 52.4 Å². The summed E-state index contributed by atoms with van der Waals surface area (Å²) in [7, 11) is 1.60. The normalized spacial score (nSPS) is 13.5. The molecular weight excluding hydrogens is 392 g/mol. The van der Waals surface area contributed by atoms with Crippen LogP contribution >= 0.6 is 0 Å². The van der Waals surface area contributed by atoms with Gasteiger partial charge < -0.3 is 4.74 Å². The predicted octanol–water partition coefficient (Wildman–Crippen LogP) is 3.43. The standard InChI is InChI=1S/C23H24N6O2/c1-14-11-17(20-12-15(2)24-25-20)9-10-22(14)31-13-19-18(16-7-8-16)5-4-6-21(19)29-23(30)28(3)26-27-29/h4-6,9-12,16H,7-8,13H2,1-3H3,(H,24,25). The number of nitrogens with one attached hydrogen (secondary N) is 1. The number of hydrogen-bond acceptors (Lipinski definition) is 5. The van der Waals surface area contributed by atoms with Crippen LogP contribution in [0.3, 0.4) is 0 Å². The van der Waals surface area contributed by atoms with Crippen LogP contribution in [0.15, 0.2) is 47.3 Å². The Kier molecular flexibility index (Phi) is 4.69. The highest BCUT2D eigenvalue weighted by molar-refractivity contribution is 5.62. The maximum Gasteiger partial charge on any atom is 0.368 e. The van der Waals surface area contributed by atoms with Crippen molar-refractivity contribution in [2.24, 2.45) is 7.05 Å². The molecule has 8 heteroatoms. The average molecular weight is 416 g/mol. The van der Waals surface area contributed by atoms with Crippen molar-refractivity contribution in [3.63, 3.8) is 0 Å². The predicted molar refractivity (Wildman–Crippen MR) is 116 cm³/mol. The number of rotatable bonds is 6. The van der Waals surface area contributed by atoms with E-state index in [-0.39, 0.29) is 5.69 Å². The Hall–Kier alpha value is -3.68. The van der Waals surface area contributed by atoms with Crippen molar-refractivity contribution in [2.45, 2.75) is 39.2 Å². The number of aromatic nitrogens is 6. The first-order valence-electron chi connectivity index (χ1n) is 10.4. The van der Waals surface area contributed by atoms with Crippen LogP contribution in [-0.2, 0) is 13.7 Å². The van der Waals surface area contributed by atoms with E-state index in [4.69, 9.17) is 4.74 Å². The molecule has 8 nitrogen and oxygen atoms in total. The maximum atomic E-state index is 12.5. The Morgan fingerprint density at radius 3 is 2.61 bits per heavy atom. The highest BCUT2D eigenvalue weighted by atomic mass is 16.5. The molecule has 0 amide bonds. The molecule has 0 spiro atoms. The first-order chi connectivity index (χ1) is 15.0. The van der Waals surface area contributed by atoms with Crippen LogP contribution < -0.4 is 10.4 Å². The van der Waals surface area contributed by atoms with E-state index in [9.17, 15) is 4.79 Å². The van der Waals surface area contributed by atoms with Crippen molar-refractivity contribution >= 4 is 0 Å². The van der Waals surface area contributed by atoms with Crippen molar-refractivity contribution in [2.75, 3.05) is 0 Å². The second kappa shape index (κ2) is 7.54. The van der Waals surface area contributed by atoms with Gasteiger partial charge in [-0.05, 0) is 84.5 Å². The third-order valence-corrected chi connectivity index (χ3v) is 5.70. The number of aryl methyl sites for hydroxylation is 3. The minimum atomic E-state index is -0.274. The summed E-state index contributed by atoms with van der Waals surface area (Å²) in [5.41, 5.74) is 6.66. The summed E-state index contributed by atoms with van der Waals surface area (Å²) in [5.74, 6) is 1.32. The van der Waals surface area contributed by atoms with E-state index < -0.39 is 0 Å².